The second-order valence-corrected chi connectivity index (χ2v) is 8.20. The Morgan fingerprint density at radius 3 is 2.32 bits per heavy atom. The first-order valence-electron chi connectivity index (χ1n) is 8.65. The second kappa shape index (κ2) is 10.2. The first kappa shape index (κ1) is 21.8. The Labute approximate surface area is 170 Å². The van der Waals surface area contributed by atoms with Crippen LogP contribution >= 0.6 is 11.6 Å². The van der Waals surface area contributed by atoms with Gasteiger partial charge in [0, 0.05) is 5.02 Å². The summed E-state index contributed by atoms with van der Waals surface area (Å²) in [4.78, 5) is 12.2. The molecule has 1 amide bonds. The fourth-order valence-corrected chi connectivity index (χ4v) is 3.41. The maximum Gasteiger partial charge on any atom is 0.240 e. The normalized spacial score (nSPS) is 11.0. The van der Waals surface area contributed by atoms with E-state index in [1.54, 1.807) is 42.5 Å². The van der Waals surface area contributed by atoms with Crippen LogP contribution in [0.5, 0.6) is 11.5 Å². The molecular weight excluding hydrogens is 404 g/mol. The minimum atomic E-state index is -3.64. The maximum absolute atomic E-state index is 12.2. The molecule has 152 valence electrons. The molecule has 0 fully saturated rings. The number of hydrogen-bond donors (Lipinski definition) is 1. The second-order valence-electron chi connectivity index (χ2n) is 5.85. The van der Waals surface area contributed by atoms with Crippen molar-refractivity contribution in [2.45, 2.75) is 6.92 Å². The first-order chi connectivity index (χ1) is 13.3. The molecule has 9 heteroatoms. The molecule has 2 aromatic rings. The number of amides is 1. The van der Waals surface area contributed by atoms with Gasteiger partial charge >= 0.3 is 0 Å². The number of nitrogens with one attached hydrogen (secondary N) is 1. The van der Waals surface area contributed by atoms with Gasteiger partial charge in [0.2, 0.25) is 15.9 Å². The van der Waals surface area contributed by atoms with Crippen LogP contribution in [0.25, 0.3) is 0 Å². The lowest BCUT2D eigenvalue weighted by atomic mass is 10.3. The lowest BCUT2D eigenvalue weighted by Gasteiger charge is -2.22. The molecule has 0 aliphatic rings. The molecule has 0 saturated heterocycles. The molecule has 1 N–H and O–H groups in total. The molecule has 0 unspecified atom stereocenters. The van der Waals surface area contributed by atoms with E-state index < -0.39 is 15.9 Å². The molecule has 0 radical (unpaired) electrons. The Bertz CT molecular complexity index is 887. The number of rotatable bonds is 10. The van der Waals surface area contributed by atoms with Crippen LogP contribution in [0.3, 0.4) is 0 Å². The summed E-state index contributed by atoms with van der Waals surface area (Å²) in [6, 6.07) is 13.5. The van der Waals surface area contributed by atoms with E-state index >= 15 is 0 Å². The number of carbonyl (C=O) groups is 1. The smallest absolute Gasteiger partial charge is 0.240 e. The molecule has 0 heterocycles. The highest BCUT2D eigenvalue weighted by molar-refractivity contribution is 7.92. The minimum Gasteiger partial charge on any atom is -0.494 e. The highest BCUT2D eigenvalue weighted by Crippen LogP contribution is 2.21. The third-order valence-corrected chi connectivity index (χ3v) is 4.99. The number of halogens is 1. The van der Waals surface area contributed by atoms with E-state index in [1.165, 1.54) is 6.07 Å². The zero-order valence-electron chi connectivity index (χ0n) is 15.7. The summed E-state index contributed by atoms with van der Waals surface area (Å²) in [6.45, 7) is 2.63. The minimum absolute atomic E-state index is 0.235. The van der Waals surface area contributed by atoms with Crippen molar-refractivity contribution < 1.29 is 22.7 Å². The van der Waals surface area contributed by atoms with Gasteiger partial charge in [-0.15, -0.1) is 0 Å². The number of hydrogen-bond acceptors (Lipinski definition) is 5. The molecule has 2 aromatic carbocycles. The van der Waals surface area contributed by atoms with Gasteiger partial charge < -0.3 is 14.8 Å². The third kappa shape index (κ3) is 6.94. The Morgan fingerprint density at radius 2 is 1.75 bits per heavy atom. The zero-order chi connectivity index (χ0) is 20.6. The van der Waals surface area contributed by atoms with Crippen LogP contribution in [0.1, 0.15) is 6.92 Å². The lowest BCUT2D eigenvalue weighted by molar-refractivity contribution is -0.119. The Hall–Kier alpha value is -2.45. The van der Waals surface area contributed by atoms with Crippen molar-refractivity contribution in [3.05, 3.63) is 53.6 Å². The molecule has 2 rings (SSSR count). The van der Waals surface area contributed by atoms with E-state index in [1.807, 2.05) is 6.92 Å². The van der Waals surface area contributed by atoms with Crippen molar-refractivity contribution in [1.29, 1.82) is 0 Å². The van der Waals surface area contributed by atoms with Crippen molar-refractivity contribution in [1.82, 2.24) is 5.32 Å². The summed E-state index contributed by atoms with van der Waals surface area (Å²) >= 11 is 5.92. The standard InChI is InChI=1S/C19H23ClN2O5S/c1-3-26-17-7-9-18(10-8-17)27-12-11-21-19(23)14-22(28(2,24)25)16-6-4-5-15(20)13-16/h4-10,13H,3,11-12,14H2,1-2H3,(H,21,23). The van der Waals surface area contributed by atoms with Crippen molar-refractivity contribution in [2.24, 2.45) is 0 Å². The monoisotopic (exact) mass is 426 g/mol. The Kier molecular flexibility index (Phi) is 7.95. The predicted molar refractivity (Wildman–Crippen MR) is 110 cm³/mol. The van der Waals surface area contributed by atoms with E-state index in [9.17, 15) is 13.2 Å². The predicted octanol–water partition coefficient (Wildman–Crippen LogP) is 2.70. The summed E-state index contributed by atoms with van der Waals surface area (Å²) in [5.41, 5.74) is 0.329. The molecular formula is C19H23ClN2O5S. The fraction of sp³-hybridized carbons (Fsp3) is 0.316. The lowest BCUT2D eigenvalue weighted by Crippen LogP contribution is -2.41. The van der Waals surface area contributed by atoms with Crippen molar-refractivity contribution in [2.75, 3.05) is 36.9 Å². The Morgan fingerprint density at radius 1 is 1.11 bits per heavy atom. The summed E-state index contributed by atoms with van der Waals surface area (Å²) in [6.07, 6.45) is 1.04. The van der Waals surface area contributed by atoms with Gasteiger partial charge in [-0.1, -0.05) is 17.7 Å². The summed E-state index contributed by atoms with van der Waals surface area (Å²) in [5.74, 6) is 0.958. The van der Waals surface area contributed by atoms with Crippen LogP contribution in [0.15, 0.2) is 48.5 Å². The van der Waals surface area contributed by atoms with Crippen LogP contribution in [0.2, 0.25) is 5.02 Å². The van der Waals surface area contributed by atoms with E-state index in [0.717, 1.165) is 16.3 Å². The van der Waals surface area contributed by atoms with Crippen molar-refractivity contribution in [3.8, 4) is 11.5 Å². The summed E-state index contributed by atoms with van der Waals surface area (Å²) in [7, 11) is -3.64. The topological polar surface area (TPSA) is 84.9 Å². The van der Waals surface area contributed by atoms with Gasteiger partial charge in [0.15, 0.2) is 0 Å². The van der Waals surface area contributed by atoms with E-state index in [2.05, 4.69) is 5.32 Å². The highest BCUT2D eigenvalue weighted by Gasteiger charge is 2.20. The van der Waals surface area contributed by atoms with Crippen LogP contribution in [-0.4, -0.2) is 46.9 Å². The maximum atomic E-state index is 12.2. The number of carbonyl (C=O) groups excluding carboxylic acids is 1. The van der Waals surface area contributed by atoms with E-state index in [-0.39, 0.29) is 19.7 Å². The number of nitrogens with zero attached hydrogens (tertiary/aromatic N) is 1. The molecule has 0 atom stereocenters. The van der Waals surface area contributed by atoms with Crippen molar-refractivity contribution >= 4 is 33.2 Å². The molecule has 0 saturated carbocycles. The summed E-state index contributed by atoms with van der Waals surface area (Å²) in [5, 5.41) is 3.03. The molecule has 0 aliphatic carbocycles. The van der Waals surface area contributed by atoms with E-state index in [0.29, 0.717) is 23.1 Å². The zero-order valence-corrected chi connectivity index (χ0v) is 17.3. The molecule has 0 aromatic heterocycles. The van der Waals surface area contributed by atoms with Crippen molar-refractivity contribution in [3.63, 3.8) is 0 Å². The van der Waals surface area contributed by atoms with Gasteiger partial charge in [-0.3, -0.25) is 9.10 Å². The molecule has 0 spiro atoms. The Balaban J connectivity index is 1.84. The van der Waals surface area contributed by atoms with Gasteiger partial charge in [0.25, 0.3) is 0 Å². The van der Waals surface area contributed by atoms with Crippen LogP contribution in [0, 0.1) is 0 Å². The third-order valence-electron chi connectivity index (χ3n) is 3.61. The highest BCUT2D eigenvalue weighted by atomic mass is 35.5. The van der Waals surface area contributed by atoms with Gasteiger partial charge in [-0.25, -0.2) is 8.42 Å². The molecule has 28 heavy (non-hydrogen) atoms. The fourth-order valence-electron chi connectivity index (χ4n) is 2.38. The average molecular weight is 427 g/mol. The van der Waals surface area contributed by atoms with Crippen LogP contribution in [-0.2, 0) is 14.8 Å². The number of ether oxygens (including phenoxy) is 2. The van der Waals surface area contributed by atoms with Gasteiger partial charge in [0.05, 0.1) is 25.1 Å². The van der Waals surface area contributed by atoms with E-state index in [4.69, 9.17) is 21.1 Å². The number of benzene rings is 2. The largest absolute Gasteiger partial charge is 0.494 e. The number of anilines is 1. The number of sulfonamides is 1. The molecule has 7 nitrogen and oxygen atoms in total. The van der Waals surface area contributed by atoms with Gasteiger partial charge in [0.1, 0.15) is 24.7 Å². The SMILES string of the molecule is CCOc1ccc(OCCNC(=O)CN(c2cccc(Cl)c2)S(C)(=O)=O)cc1. The molecule has 0 aliphatic heterocycles. The summed E-state index contributed by atoms with van der Waals surface area (Å²) < 4.78 is 36.0. The quantitative estimate of drug-likeness (QED) is 0.590. The first-order valence-corrected chi connectivity index (χ1v) is 10.9. The van der Waals surface area contributed by atoms with Crippen LogP contribution < -0.4 is 19.1 Å². The van der Waals surface area contributed by atoms with Gasteiger partial charge in [-0.2, -0.15) is 0 Å². The van der Waals surface area contributed by atoms with Crippen LogP contribution in [0.4, 0.5) is 5.69 Å². The molecule has 0 bridgehead atoms. The average Bonchev–Trinajstić information content (AvgIpc) is 2.64. The van der Waals surface area contributed by atoms with Gasteiger partial charge in [-0.05, 0) is 49.4 Å².